The van der Waals surface area contributed by atoms with Gasteiger partial charge < -0.3 is 15.8 Å². The highest BCUT2D eigenvalue weighted by atomic mass is 32.2. The zero-order valence-electron chi connectivity index (χ0n) is 9.69. The van der Waals surface area contributed by atoms with E-state index in [4.69, 9.17) is 10.5 Å². The zero-order valence-corrected chi connectivity index (χ0v) is 10.5. The predicted molar refractivity (Wildman–Crippen MR) is 67.8 cm³/mol. The van der Waals surface area contributed by atoms with E-state index in [0.717, 1.165) is 29.6 Å². The summed E-state index contributed by atoms with van der Waals surface area (Å²) in [7, 11) is 1.68. The number of nitrogens with zero attached hydrogens (tertiary/aromatic N) is 2. The highest BCUT2D eigenvalue weighted by molar-refractivity contribution is 7.99. The molecule has 0 aliphatic heterocycles. The molecule has 0 aliphatic carbocycles. The predicted octanol–water partition coefficient (Wildman–Crippen LogP) is 1.62. The van der Waals surface area contributed by atoms with Gasteiger partial charge in [-0.3, -0.25) is 0 Å². The molecule has 0 amide bonds. The Morgan fingerprint density at radius 2 is 2.31 bits per heavy atom. The number of rotatable bonds is 7. The third kappa shape index (κ3) is 4.67. The number of nitrogens with two attached hydrogens (primary N) is 1. The molecule has 0 saturated carbocycles. The molecule has 0 fully saturated rings. The molecule has 5 nitrogen and oxygen atoms in total. The largest absolute Gasteiger partial charge is 0.384 e. The monoisotopic (exact) mass is 242 g/mol. The Bertz CT molecular complexity index is 322. The van der Waals surface area contributed by atoms with Gasteiger partial charge in [0.2, 0.25) is 5.95 Å². The zero-order chi connectivity index (χ0) is 11.8. The van der Waals surface area contributed by atoms with Crippen LogP contribution >= 0.6 is 11.8 Å². The number of ether oxygens (including phenoxy) is 1. The fourth-order valence-electron chi connectivity index (χ4n) is 1.09. The van der Waals surface area contributed by atoms with Gasteiger partial charge in [0.05, 0.1) is 6.61 Å². The highest BCUT2D eigenvalue weighted by Crippen LogP contribution is 2.19. The standard InChI is InChI=1S/C10H18N4OS/c1-3-4-12-8-7-9(14-10(11)13-8)16-6-5-15-2/h7H,3-6H2,1-2H3,(H3,11,12,13,14). The van der Waals surface area contributed by atoms with Crippen molar-refractivity contribution in [3.8, 4) is 0 Å². The first-order valence-electron chi connectivity index (χ1n) is 5.26. The van der Waals surface area contributed by atoms with E-state index < -0.39 is 0 Å². The van der Waals surface area contributed by atoms with Gasteiger partial charge in [0.1, 0.15) is 10.8 Å². The van der Waals surface area contributed by atoms with Gasteiger partial charge >= 0.3 is 0 Å². The first-order valence-corrected chi connectivity index (χ1v) is 6.25. The molecule has 1 aromatic heterocycles. The van der Waals surface area contributed by atoms with Crippen LogP contribution in [0.25, 0.3) is 0 Å². The second-order valence-corrected chi connectivity index (χ2v) is 4.33. The van der Waals surface area contributed by atoms with Crippen LogP contribution in [0.15, 0.2) is 11.1 Å². The summed E-state index contributed by atoms with van der Waals surface area (Å²) in [4.78, 5) is 8.26. The number of anilines is 2. The van der Waals surface area contributed by atoms with Gasteiger partial charge in [-0.05, 0) is 6.42 Å². The lowest BCUT2D eigenvalue weighted by atomic mass is 10.4. The van der Waals surface area contributed by atoms with Crippen molar-refractivity contribution in [2.24, 2.45) is 0 Å². The fraction of sp³-hybridized carbons (Fsp3) is 0.600. The van der Waals surface area contributed by atoms with E-state index in [9.17, 15) is 0 Å². The smallest absolute Gasteiger partial charge is 0.223 e. The second-order valence-electron chi connectivity index (χ2n) is 3.22. The minimum Gasteiger partial charge on any atom is -0.384 e. The first kappa shape index (κ1) is 13.1. The summed E-state index contributed by atoms with van der Waals surface area (Å²) >= 11 is 1.61. The molecule has 6 heteroatoms. The van der Waals surface area contributed by atoms with E-state index >= 15 is 0 Å². The van der Waals surface area contributed by atoms with Crippen LogP contribution < -0.4 is 11.1 Å². The summed E-state index contributed by atoms with van der Waals surface area (Å²) in [6, 6.07) is 1.91. The average molecular weight is 242 g/mol. The number of aromatic nitrogens is 2. The molecule has 3 N–H and O–H groups in total. The van der Waals surface area contributed by atoms with E-state index in [1.807, 2.05) is 6.07 Å². The van der Waals surface area contributed by atoms with Gasteiger partial charge in [0.25, 0.3) is 0 Å². The molecule has 0 radical (unpaired) electrons. The van der Waals surface area contributed by atoms with Gasteiger partial charge in [-0.15, -0.1) is 11.8 Å². The molecular formula is C10H18N4OS. The van der Waals surface area contributed by atoms with E-state index in [1.54, 1.807) is 18.9 Å². The Hall–Kier alpha value is -1.01. The van der Waals surface area contributed by atoms with Crippen LogP contribution in [-0.4, -0.2) is 36.0 Å². The summed E-state index contributed by atoms with van der Waals surface area (Å²) in [5.41, 5.74) is 5.63. The molecule has 90 valence electrons. The van der Waals surface area contributed by atoms with Crippen molar-refractivity contribution in [2.45, 2.75) is 18.4 Å². The number of nitrogens with one attached hydrogen (secondary N) is 1. The Balaban J connectivity index is 2.58. The number of hydrogen-bond donors (Lipinski definition) is 2. The van der Waals surface area contributed by atoms with Crippen LogP contribution in [0.4, 0.5) is 11.8 Å². The normalized spacial score (nSPS) is 10.4. The van der Waals surface area contributed by atoms with Crippen molar-refractivity contribution in [3.63, 3.8) is 0 Å². The first-order chi connectivity index (χ1) is 7.76. The quantitative estimate of drug-likeness (QED) is 0.430. The van der Waals surface area contributed by atoms with Crippen molar-refractivity contribution in [1.82, 2.24) is 9.97 Å². The molecule has 0 atom stereocenters. The van der Waals surface area contributed by atoms with E-state index in [2.05, 4.69) is 22.2 Å². The summed E-state index contributed by atoms with van der Waals surface area (Å²) in [6.07, 6.45) is 1.05. The maximum atomic E-state index is 5.63. The van der Waals surface area contributed by atoms with Crippen LogP contribution in [0.5, 0.6) is 0 Å². The van der Waals surface area contributed by atoms with Crippen molar-refractivity contribution in [3.05, 3.63) is 6.07 Å². The molecular weight excluding hydrogens is 224 g/mol. The van der Waals surface area contributed by atoms with Gasteiger partial charge in [0, 0.05) is 25.5 Å². The van der Waals surface area contributed by atoms with E-state index in [1.165, 1.54) is 0 Å². The van der Waals surface area contributed by atoms with Crippen molar-refractivity contribution in [1.29, 1.82) is 0 Å². The number of nitrogen functional groups attached to an aromatic ring is 1. The second kappa shape index (κ2) is 7.29. The molecule has 0 aromatic carbocycles. The molecule has 0 spiro atoms. The molecule has 1 heterocycles. The van der Waals surface area contributed by atoms with Gasteiger partial charge in [-0.2, -0.15) is 4.98 Å². The van der Waals surface area contributed by atoms with Crippen molar-refractivity contribution in [2.75, 3.05) is 37.1 Å². The molecule has 0 unspecified atom stereocenters. The fourth-order valence-corrected chi connectivity index (χ4v) is 1.90. The van der Waals surface area contributed by atoms with Crippen LogP contribution in [0.2, 0.25) is 0 Å². The molecule has 0 saturated heterocycles. The average Bonchev–Trinajstić information content (AvgIpc) is 2.26. The summed E-state index contributed by atoms with van der Waals surface area (Å²) in [5.74, 6) is 1.95. The Morgan fingerprint density at radius 1 is 1.50 bits per heavy atom. The van der Waals surface area contributed by atoms with Gasteiger partial charge in [-0.1, -0.05) is 6.92 Å². The van der Waals surface area contributed by atoms with Crippen LogP contribution in [0.3, 0.4) is 0 Å². The molecule has 0 aliphatic rings. The topological polar surface area (TPSA) is 73.1 Å². The number of hydrogen-bond acceptors (Lipinski definition) is 6. The van der Waals surface area contributed by atoms with Gasteiger partial charge in [-0.25, -0.2) is 4.98 Å². The lowest BCUT2D eigenvalue weighted by Gasteiger charge is -2.06. The number of methoxy groups -OCH3 is 1. The van der Waals surface area contributed by atoms with Crippen LogP contribution in [-0.2, 0) is 4.74 Å². The van der Waals surface area contributed by atoms with E-state index in [-0.39, 0.29) is 0 Å². The molecule has 0 bridgehead atoms. The maximum Gasteiger partial charge on any atom is 0.223 e. The lowest BCUT2D eigenvalue weighted by molar-refractivity contribution is 0.218. The van der Waals surface area contributed by atoms with Crippen LogP contribution in [0, 0.1) is 0 Å². The third-order valence-corrected chi connectivity index (χ3v) is 2.69. The van der Waals surface area contributed by atoms with E-state index in [0.29, 0.717) is 12.6 Å². The summed E-state index contributed by atoms with van der Waals surface area (Å²) in [6.45, 7) is 3.69. The molecule has 1 rings (SSSR count). The Kier molecular flexibility index (Phi) is 5.95. The molecule has 16 heavy (non-hydrogen) atoms. The third-order valence-electron chi connectivity index (χ3n) is 1.81. The maximum absolute atomic E-state index is 5.63. The minimum absolute atomic E-state index is 0.306. The Morgan fingerprint density at radius 3 is 3.00 bits per heavy atom. The SMILES string of the molecule is CCCNc1cc(SCCOC)nc(N)n1. The Labute approximate surface area is 100 Å². The van der Waals surface area contributed by atoms with Crippen LogP contribution in [0.1, 0.15) is 13.3 Å². The van der Waals surface area contributed by atoms with Crippen molar-refractivity contribution >= 4 is 23.5 Å². The number of thioether (sulfide) groups is 1. The minimum atomic E-state index is 0.306. The van der Waals surface area contributed by atoms with Crippen molar-refractivity contribution < 1.29 is 4.74 Å². The van der Waals surface area contributed by atoms with Gasteiger partial charge in [0.15, 0.2) is 0 Å². The summed E-state index contributed by atoms with van der Waals surface area (Å²) in [5, 5.41) is 4.07. The highest BCUT2D eigenvalue weighted by Gasteiger charge is 2.02. The lowest BCUT2D eigenvalue weighted by Crippen LogP contribution is -2.05. The molecule has 1 aromatic rings. The summed E-state index contributed by atoms with van der Waals surface area (Å²) < 4.78 is 4.98.